The molecule has 1 saturated heterocycles. The summed E-state index contributed by atoms with van der Waals surface area (Å²) >= 11 is 0. The summed E-state index contributed by atoms with van der Waals surface area (Å²) in [6, 6.07) is 1.10. The van der Waals surface area contributed by atoms with Crippen molar-refractivity contribution in [3.05, 3.63) is 12.7 Å². The molecular formula is C10H19NO. The second-order valence-corrected chi connectivity index (χ2v) is 3.54. The first-order chi connectivity index (χ1) is 5.75. The van der Waals surface area contributed by atoms with E-state index in [9.17, 15) is 0 Å². The van der Waals surface area contributed by atoms with Crippen molar-refractivity contribution in [2.24, 2.45) is 0 Å². The molecule has 0 spiro atoms. The molecule has 0 amide bonds. The molecule has 0 aromatic heterocycles. The summed E-state index contributed by atoms with van der Waals surface area (Å²) in [5, 5.41) is 0. The second-order valence-electron chi connectivity index (χ2n) is 3.54. The first kappa shape index (κ1) is 9.75. The highest BCUT2D eigenvalue weighted by molar-refractivity contribution is 4.90. The van der Waals surface area contributed by atoms with Crippen LogP contribution in [0.25, 0.3) is 0 Å². The maximum Gasteiger partial charge on any atom is 0.0593 e. The Morgan fingerprint density at radius 2 is 2.25 bits per heavy atom. The zero-order chi connectivity index (χ0) is 8.97. The van der Waals surface area contributed by atoms with E-state index in [0.29, 0.717) is 12.1 Å². The third-order valence-electron chi connectivity index (χ3n) is 2.41. The zero-order valence-electron chi connectivity index (χ0n) is 8.12. The Bertz CT molecular complexity index is 145. The van der Waals surface area contributed by atoms with Crippen LogP contribution >= 0.6 is 0 Å². The van der Waals surface area contributed by atoms with Crippen molar-refractivity contribution in [2.45, 2.75) is 32.4 Å². The van der Waals surface area contributed by atoms with Gasteiger partial charge >= 0.3 is 0 Å². The van der Waals surface area contributed by atoms with Crippen molar-refractivity contribution in [3.63, 3.8) is 0 Å². The highest BCUT2D eigenvalue weighted by atomic mass is 16.5. The molecule has 70 valence electrons. The molecule has 2 heteroatoms. The van der Waals surface area contributed by atoms with Gasteiger partial charge in [-0.25, -0.2) is 0 Å². The Morgan fingerprint density at radius 1 is 1.50 bits per heavy atom. The Labute approximate surface area is 75.2 Å². The van der Waals surface area contributed by atoms with Crippen LogP contribution in [-0.4, -0.2) is 36.7 Å². The van der Waals surface area contributed by atoms with Gasteiger partial charge in [-0.15, -0.1) is 6.58 Å². The van der Waals surface area contributed by atoms with Gasteiger partial charge in [-0.3, -0.25) is 4.90 Å². The Kier molecular flexibility index (Phi) is 3.76. The molecule has 1 fully saturated rings. The maximum atomic E-state index is 5.42. The van der Waals surface area contributed by atoms with Crippen molar-refractivity contribution in [2.75, 3.05) is 19.8 Å². The van der Waals surface area contributed by atoms with Gasteiger partial charge in [0.2, 0.25) is 0 Å². The van der Waals surface area contributed by atoms with Crippen molar-refractivity contribution in [3.8, 4) is 0 Å². The topological polar surface area (TPSA) is 12.5 Å². The minimum Gasteiger partial charge on any atom is -0.380 e. The third kappa shape index (κ3) is 2.32. The van der Waals surface area contributed by atoms with Crippen LogP contribution in [0.4, 0.5) is 0 Å². The highest BCUT2D eigenvalue weighted by Gasteiger charge is 2.20. The van der Waals surface area contributed by atoms with E-state index in [2.05, 4.69) is 25.3 Å². The van der Waals surface area contributed by atoms with Crippen LogP contribution in [0.15, 0.2) is 12.7 Å². The lowest BCUT2D eigenvalue weighted by Gasteiger charge is -2.30. The number of rotatable bonds is 2. The molecule has 0 aromatic carbocycles. The first-order valence-corrected chi connectivity index (χ1v) is 4.71. The summed E-state index contributed by atoms with van der Waals surface area (Å²) < 4.78 is 5.42. The molecule has 1 aliphatic rings. The molecule has 1 unspecified atom stereocenters. The van der Waals surface area contributed by atoms with Crippen LogP contribution in [-0.2, 0) is 4.74 Å². The van der Waals surface area contributed by atoms with Crippen molar-refractivity contribution in [1.82, 2.24) is 4.90 Å². The van der Waals surface area contributed by atoms with E-state index in [-0.39, 0.29) is 0 Å². The average molecular weight is 169 g/mol. The van der Waals surface area contributed by atoms with E-state index in [0.717, 1.165) is 26.2 Å². The molecule has 0 radical (unpaired) electrons. The molecule has 1 atom stereocenters. The maximum absolute atomic E-state index is 5.42. The summed E-state index contributed by atoms with van der Waals surface area (Å²) in [7, 11) is 0. The Morgan fingerprint density at radius 3 is 2.83 bits per heavy atom. The van der Waals surface area contributed by atoms with E-state index < -0.39 is 0 Å². The highest BCUT2D eigenvalue weighted by Crippen LogP contribution is 2.13. The fraction of sp³-hybridized carbons (Fsp3) is 0.800. The Balaban J connectivity index is 2.57. The van der Waals surface area contributed by atoms with Crippen LogP contribution in [0.1, 0.15) is 20.3 Å². The van der Waals surface area contributed by atoms with Crippen LogP contribution in [0.3, 0.4) is 0 Å². The van der Waals surface area contributed by atoms with Gasteiger partial charge in [0, 0.05) is 25.2 Å². The molecule has 0 bridgehead atoms. The largest absolute Gasteiger partial charge is 0.380 e. The minimum absolute atomic E-state index is 0.507. The quantitative estimate of drug-likeness (QED) is 0.583. The lowest BCUT2D eigenvalue weighted by Crippen LogP contribution is -2.39. The lowest BCUT2D eigenvalue weighted by molar-refractivity contribution is 0.133. The van der Waals surface area contributed by atoms with E-state index in [1.807, 2.05) is 6.08 Å². The Hall–Kier alpha value is -0.340. The van der Waals surface area contributed by atoms with Gasteiger partial charge in [0.1, 0.15) is 0 Å². The smallest absolute Gasteiger partial charge is 0.0593 e. The zero-order valence-corrected chi connectivity index (χ0v) is 8.12. The van der Waals surface area contributed by atoms with Gasteiger partial charge in [0.15, 0.2) is 0 Å². The minimum atomic E-state index is 0.507. The van der Waals surface area contributed by atoms with Gasteiger partial charge in [0.05, 0.1) is 6.61 Å². The summed E-state index contributed by atoms with van der Waals surface area (Å²) in [5.74, 6) is 0. The van der Waals surface area contributed by atoms with Crippen LogP contribution in [0, 0.1) is 0 Å². The number of nitrogens with zero attached hydrogens (tertiary/aromatic N) is 1. The van der Waals surface area contributed by atoms with E-state index in [1.165, 1.54) is 0 Å². The van der Waals surface area contributed by atoms with Crippen LogP contribution < -0.4 is 0 Å². The van der Waals surface area contributed by atoms with Gasteiger partial charge in [-0.2, -0.15) is 0 Å². The van der Waals surface area contributed by atoms with Gasteiger partial charge in [-0.05, 0) is 20.3 Å². The summed E-state index contributed by atoms with van der Waals surface area (Å²) in [6.07, 6.45) is 3.12. The monoisotopic (exact) mass is 169 g/mol. The normalized spacial score (nSPS) is 27.1. The fourth-order valence-corrected chi connectivity index (χ4v) is 1.70. The standard InChI is InChI=1S/C10H19NO/c1-4-10-5-7-12-8-6-11(10)9(2)3/h4,9-10H,1,5-8H2,2-3H3. The average Bonchev–Trinajstić information content (AvgIpc) is 2.27. The van der Waals surface area contributed by atoms with Crippen LogP contribution in [0.5, 0.6) is 0 Å². The molecule has 0 saturated carbocycles. The summed E-state index contributed by atoms with van der Waals surface area (Å²) in [4.78, 5) is 2.44. The molecule has 0 aromatic rings. The molecule has 0 N–H and O–H groups in total. The van der Waals surface area contributed by atoms with Gasteiger partial charge in [-0.1, -0.05) is 6.08 Å². The van der Waals surface area contributed by atoms with E-state index in [1.54, 1.807) is 0 Å². The second kappa shape index (κ2) is 4.63. The SMILES string of the molecule is C=CC1CCOCCN1C(C)C. The van der Waals surface area contributed by atoms with Crippen LogP contribution in [0.2, 0.25) is 0 Å². The van der Waals surface area contributed by atoms with Gasteiger partial charge < -0.3 is 4.74 Å². The predicted octanol–water partition coefficient (Wildman–Crippen LogP) is 1.67. The number of ether oxygens (including phenoxy) is 1. The fourth-order valence-electron chi connectivity index (χ4n) is 1.70. The molecule has 1 aliphatic heterocycles. The predicted molar refractivity (Wildman–Crippen MR) is 51.3 cm³/mol. The molecule has 0 aliphatic carbocycles. The molecule has 1 heterocycles. The van der Waals surface area contributed by atoms with E-state index in [4.69, 9.17) is 4.74 Å². The molecule has 12 heavy (non-hydrogen) atoms. The van der Waals surface area contributed by atoms with Crippen molar-refractivity contribution >= 4 is 0 Å². The third-order valence-corrected chi connectivity index (χ3v) is 2.41. The van der Waals surface area contributed by atoms with Crippen molar-refractivity contribution < 1.29 is 4.74 Å². The lowest BCUT2D eigenvalue weighted by atomic mass is 10.1. The number of hydrogen-bond acceptors (Lipinski definition) is 2. The van der Waals surface area contributed by atoms with Crippen molar-refractivity contribution in [1.29, 1.82) is 0 Å². The number of hydrogen-bond donors (Lipinski definition) is 0. The molecular weight excluding hydrogens is 150 g/mol. The van der Waals surface area contributed by atoms with E-state index >= 15 is 0 Å². The first-order valence-electron chi connectivity index (χ1n) is 4.71. The van der Waals surface area contributed by atoms with Gasteiger partial charge in [0.25, 0.3) is 0 Å². The summed E-state index contributed by atoms with van der Waals surface area (Å²) in [5.41, 5.74) is 0. The summed E-state index contributed by atoms with van der Waals surface area (Å²) in [6.45, 7) is 11.1. The molecule has 1 rings (SSSR count). The molecule has 2 nitrogen and oxygen atoms in total.